The van der Waals surface area contributed by atoms with Crippen molar-refractivity contribution in [2.24, 2.45) is 0 Å². The number of aliphatic hydroxyl groups is 4. The first-order valence-electron chi connectivity index (χ1n) is 5.30. The lowest BCUT2D eigenvalue weighted by atomic mass is 9.96. The number of nitrogens with one attached hydrogen (secondary N) is 1. The van der Waals surface area contributed by atoms with Gasteiger partial charge in [-0.05, 0) is 0 Å². The topological polar surface area (TPSA) is 127 Å². The van der Waals surface area contributed by atoms with Gasteiger partial charge in [0.1, 0.15) is 24.4 Å². The molecule has 7 heteroatoms. The van der Waals surface area contributed by atoms with Crippen molar-refractivity contribution < 1.29 is 30.0 Å². The quantitative estimate of drug-likeness (QED) is 0.341. The van der Waals surface area contributed by atoms with Crippen LogP contribution in [0.4, 0.5) is 0 Å². The third-order valence-corrected chi connectivity index (χ3v) is 2.33. The summed E-state index contributed by atoms with van der Waals surface area (Å²) in [5.41, 5.74) is 0. The molecule has 5 N–H and O–H groups in total. The Balaban J connectivity index is 4.78. The highest BCUT2D eigenvalue weighted by Gasteiger charge is 2.34. The van der Waals surface area contributed by atoms with Crippen LogP contribution in [-0.2, 0) is 9.59 Å². The van der Waals surface area contributed by atoms with Gasteiger partial charge in [-0.1, -0.05) is 6.92 Å². The summed E-state index contributed by atoms with van der Waals surface area (Å²) in [5.74, 6) is -1.02. The molecule has 0 fully saturated rings. The summed E-state index contributed by atoms with van der Waals surface area (Å²) < 4.78 is 0. The summed E-state index contributed by atoms with van der Waals surface area (Å²) in [5, 5.41) is 39.1. The lowest BCUT2D eigenvalue weighted by Gasteiger charge is -2.28. The van der Waals surface area contributed by atoms with E-state index in [4.69, 9.17) is 10.2 Å². The zero-order valence-electron chi connectivity index (χ0n) is 9.83. The fourth-order valence-electron chi connectivity index (χ4n) is 1.33. The van der Waals surface area contributed by atoms with Gasteiger partial charge in [-0.3, -0.25) is 9.59 Å². The molecule has 100 valence electrons. The van der Waals surface area contributed by atoms with Crippen LogP contribution in [0.15, 0.2) is 0 Å². The molecule has 0 aromatic rings. The van der Waals surface area contributed by atoms with Crippen molar-refractivity contribution in [3.05, 3.63) is 0 Å². The third kappa shape index (κ3) is 4.78. The number of aliphatic hydroxyl groups excluding tert-OH is 4. The fraction of sp³-hybridized carbons (Fsp3) is 0.800. The lowest BCUT2D eigenvalue weighted by Crippen LogP contribution is -2.55. The standard InChI is InChI=1S/C10H19NO6/c1-3-6(14)8(11-5(2)13)10(17)9(16)7(15)4-12/h7-10,12,15-17H,3-4H2,1-2H3,(H,11,13)/t7-,8-,9-,10-/m1/s1. The number of Topliss-reactive ketones (excluding diaryl/α,β-unsaturated/α-hetero) is 1. The van der Waals surface area contributed by atoms with Crippen LogP contribution in [-0.4, -0.2) is 63.1 Å². The van der Waals surface area contributed by atoms with Gasteiger partial charge < -0.3 is 25.7 Å². The van der Waals surface area contributed by atoms with Gasteiger partial charge in [-0.25, -0.2) is 0 Å². The molecule has 0 saturated heterocycles. The van der Waals surface area contributed by atoms with Gasteiger partial charge in [0.15, 0.2) is 5.78 Å². The highest BCUT2D eigenvalue weighted by molar-refractivity contribution is 5.88. The minimum Gasteiger partial charge on any atom is -0.394 e. The van der Waals surface area contributed by atoms with E-state index < -0.39 is 42.7 Å². The van der Waals surface area contributed by atoms with Crippen molar-refractivity contribution in [3.8, 4) is 0 Å². The minimum absolute atomic E-state index is 0.0595. The van der Waals surface area contributed by atoms with Crippen LogP contribution < -0.4 is 5.32 Å². The van der Waals surface area contributed by atoms with Gasteiger partial charge in [-0.15, -0.1) is 0 Å². The van der Waals surface area contributed by atoms with Gasteiger partial charge in [0.2, 0.25) is 5.91 Å². The zero-order valence-corrected chi connectivity index (χ0v) is 9.83. The average molecular weight is 249 g/mol. The summed E-state index contributed by atoms with van der Waals surface area (Å²) in [6.45, 7) is 1.95. The molecule has 1 amide bonds. The summed E-state index contributed by atoms with van der Waals surface area (Å²) in [6, 6.07) is -1.30. The van der Waals surface area contributed by atoms with Crippen LogP contribution in [0.1, 0.15) is 20.3 Å². The predicted molar refractivity (Wildman–Crippen MR) is 58.0 cm³/mol. The van der Waals surface area contributed by atoms with Gasteiger partial charge >= 0.3 is 0 Å². The Hall–Kier alpha value is -1.02. The lowest BCUT2D eigenvalue weighted by molar-refractivity contribution is -0.136. The fourth-order valence-corrected chi connectivity index (χ4v) is 1.33. The molecule has 0 heterocycles. The van der Waals surface area contributed by atoms with Crippen LogP contribution in [0.2, 0.25) is 0 Å². The Morgan fingerprint density at radius 2 is 1.71 bits per heavy atom. The van der Waals surface area contributed by atoms with E-state index in [-0.39, 0.29) is 6.42 Å². The van der Waals surface area contributed by atoms with Crippen molar-refractivity contribution in [3.63, 3.8) is 0 Å². The first kappa shape index (κ1) is 16.0. The largest absolute Gasteiger partial charge is 0.394 e. The van der Waals surface area contributed by atoms with Gasteiger partial charge in [-0.2, -0.15) is 0 Å². The molecule has 0 bridgehead atoms. The summed E-state index contributed by atoms with van der Waals surface area (Å²) >= 11 is 0. The number of amides is 1. The minimum atomic E-state index is -1.72. The number of rotatable bonds is 7. The van der Waals surface area contributed by atoms with E-state index in [1.54, 1.807) is 6.92 Å². The van der Waals surface area contributed by atoms with Crippen LogP contribution >= 0.6 is 0 Å². The molecule has 0 aromatic carbocycles. The molecule has 0 radical (unpaired) electrons. The third-order valence-electron chi connectivity index (χ3n) is 2.33. The molecule has 7 nitrogen and oxygen atoms in total. The van der Waals surface area contributed by atoms with E-state index >= 15 is 0 Å². The molecule has 0 aromatic heterocycles. The smallest absolute Gasteiger partial charge is 0.217 e. The van der Waals surface area contributed by atoms with E-state index in [9.17, 15) is 19.8 Å². The average Bonchev–Trinajstić information content (AvgIpc) is 2.31. The highest BCUT2D eigenvalue weighted by atomic mass is 16.4. The van der Waals surface area contributed by atoms with Crippen molar-refractivity contribution in [2.75, 3.05) is 6.61 Å². The Kier molecular flexibility index (Phi) is 6.89. The molecular formula is C10H19NO6. The number of hydrogen-bond acceptors (Lipinski definition) is 6. The number of hydrogen-bond donors (Lipinski definition) is 5. The maximum atomic E-state index is 11.5. The molecule has 0 aliphatic carbocycles. The molecule has 0 aliphatic heterocycles. The van der Waals surface area contributed by atoms with Crippen molar-refractivity contribution >= 4 is 11.7 Å². The second kappa shape index (κ2) is 7.33. The van der Waals surface area contributed by atoms with Crippen LogP contribution in [0.25, 0.3) is 0 Å². The zero-order chi connectivity index (χ0) is 13.6. The first-order chi connectivity index (χ1) is 7.84. The van der Waals surface area contributed by atoms with Gasteiger partial charge in [0.05, 0.1) is 6.61 Å². The van der Waals surface area contributed by atoms with Crippen molar-refractivity contribution in [1.82, 2.24) is 5.32 Å². The van der Waals surface area contributed by atoms with E-state index in [0.29, 0.717) is 0 Å². The van der Waals surface area contributed by atoms with Crippen LogP contribution in [0, 0.1) is 0 Å². The van der Waals surface area contributed by atoms with E-state index in [1.807, 2.05) is 0 Å². The van der Waals surface area contributed by atoms with E-state index in [2.05, 4.69) is 5.32 Å². The molecule has 0 spiro atoms. The second-order valence-corrected chi connectivity index (χ2v) is 3.73. The molecule has 17 heavy (non-hydrogen) atoms. The Bertz CT molecular complexity index is 270. The maximum Gasteiger partial charge on any atom is 0.217 e. The van der Waals surface area contributed by atoms with Crippen LogP contribution in [0.5, 0.6) is 0 Å². The normalized spacial score (nSPS) is 18.0. The second-order valence-electron chi connectivity index (χ2n) is 3.73. The molecule has 0 rings (SSSR count). The molecule has 4 atom stereocenters. The van der Waals surface area contributed by atoms with E-state index in [1.165, 1.54) is 0 Å². The summed E-state index contributed by atoms with van der Waals surface area (Å²) in [4.78, 5) is 22.3. The Morgan fingerprint density at radius 1 is 1.18 bits per heavy atom. The number of carbonyl (C=O) groups is 2. The maximum absolute atomic E-state index is 11.5. The first-order valence-corrected chi connectivity index (χ1v) is 5.30. The number of carbonyl (C=O) groups excluding carboxylic acids is 2. The van der Waals surface area contributed by atoms with Gasteiger partial charge in [0, 0.05) is 13.3 Å². The highest BCUT2D eigenvalue weighted by Crippen LogP contribution is 2.07. The van der Waals surface area contributed by atoms with Gasteiger partial charge in [0.25, 0.3) is 0 Å². The number of ketones is 1. The summed E-state index contributed by atoms with van der Waals surface area (Å²) in [6.07, 6.45) is -4.91. The predicted octanol–water partition coefficient (Wildman–Crippen LogP) is -2.45. The van der Waals surface area contributed by atoms with Crippen molar-refractivity contribution in [1.29, 1.82) is 0 Å². The van der Waals surface area contributed by atoms with E-state index in [0.717, 1.165) is 6.92 Å². The van der Waals surface area contributed by atoms with Crippen LogP contribution in [0.3, 0.4) is 0 Å². The Morgan fingerprint density at radius 3 is 2.06 bits per heavy atom. The molecule has 0 unspecified atom stereocenters. The SMILES string of the molecule is CCC(=O)[C@@H](NC(C)=O)[C@@H](O)[C@H](O)[C@H](O)CO. The molecular weight excluding hydrogens is 230 g/mol. The monoisotopic (exact) mass is 249 g/mol. The molecule has 0 aliphatic rings. The summed E-state index contributed by atoms with van der Waals surface area (Å²) in [7, 11) is 0. The Labute approximate surface area is 99.1 Å². The van der Waals surface area contributed by atoms with Crippen molar-refractivity contribution in [2.45, 2.75) is 44.6 Å². The molecule has 0 saturated carbocycles.